The molecule has 3 heteroatoms. The molecule has 3 nitrogen and oxygen atoms in total. The summed E-state index contributed by atoms with van der Waals surface area (Å²) >= 11 is 0. The van der Waals surface area contributed by atoms with Crippen LogP contribution in [-0.4, -0.2) is 18.3 Å². The fraction of sp³-hybridized carbons (Fsp3) is 0.455. The maximum atomic E-state index is 9.29. The van der Waals surface area contributed by atoms with Crippen molar-refractivity contribution in [2.45, 2.75) is 45.2 Å². The lowest BCUT2D eigenvalue weighted by atomic mass is 9.91. The number of aliphatic hydroxyl groups is 1. The van der Waals surface area contributed by atoms with Crippen molar-refractivity contribution in [3.8, 4) is 5.75 Å². The number of nitrogens with one attached hydrogen (secondary N) is 1. The average molecular weight is 339 g/mol. The lowest BCUT2D eigenvalue weighted by Crippen LogP contribution is -2.30. The molecule has 1 aliphatic heterocycles. The first kappa shape index (κ1) is 18.0. The van der Waals surface area contributed by atoms with Crippen molar-refractivity contribution >= 4 is 0 Å². The van der Waals surface area contributed by atoms with Gasteiger partial charge in [-0.25, -0.2) is 0 Å². The SMILES string of the molecule is CC(C)C(NC(CCCO)c1ccccc1)c1ccc2c(c1)CCO2. The Balaban J connectivity index is 1.83. The molecule has 0 aromatic heterocycles. The summed E-state index contributed by atoms with van der Waals surface area (Å²) in [6.07, 6.45) is 2.73. The van der Waals surface area contributed by atoms with E-state index in [9.17, 15) is 5.11 Å². The zero-order valence-electron chi connectivity index (χ0n) is 15.2. The lowest BCUT2D eigenvalue weighted by molar-refractivity contribution is 0.266. The quantitative estimate of drug-likeness (QED) is 0.748. The molecule has 2 unspecified atom stereocenters. The number of aliphatic hydroxyl groups excluding tert-OH is 1. The highest BCUT2D eigenvalue weighted by molar-refractivity contribution is 5.41. The molecule has 0 saturated carbocycles. The van der Waals surface area contributed by atoms with Crippen LogP contribution in [-0.2, 0) is 6.42 Å². The zero-order valence-corrected chi connectivity index (χ0v) is 15.2. The standard InChI is InChI=1S/C22H29NO2/c1-16(2)22(19-10-11-21-18(15-19)12-14-25-21)23-20(9-6-13-24)17-7-4-3-5-8-17/h3-5,7-8,10-11,15-16,20,22-24H,6,9,12-14H2,1-2H3. The molecule has 3 rings (SSSR count). The smallest absolute Gasteiger partial charge is 0.122 e. The second-order valence-corrected chi connectivity index (χ2v) is 7.18. The van der Waals surface area contributed by atoms with Gasteiger partial charge >= 0.3 is 0 Å². The van der Waals surface area contributed by atoms with Crippen molar-refractivity contribution in [1.82, 2.24) is 5.32 Å². The van der Waals surface area contributed by atoms with Gasteiger partial charge in [-0.2, -0.15) is 0 Å². The molecular formula is C22H29NO2. The van der Waals surface area contributed by atoms with E-state index in [1.54, 1.807) is 0 Å². The molecule has 2 aromatic carbocycles. The van der Waals surface area contributed by atoms with E-state index in [0.717, 1.165) is 31.6 Å². The first-order chi connectivity index (χ1) is 12.2. The van der Waals surface area contributed by atoms with Crippen LogP contribution in [0.4, 0.5) is 0 Å². The maximum Gasteiger partial charge on any atom is 0.122 e. The van der Waals surface area contributed by atoms with Gasteiger partial charge in [0.05, 0.1) is 6.61 Å². The highest BCUT2D eigenvalue weighted by Crippen LogP contribution is 2.33. The summed E-state index contributed by atoms with van der Waals surface area (Å²) in [6, 6.07) is 17.7. The van der Waals surface area contributed by atoms with Gasteiger partial charge in [0.2, 0.25) is 0 Å². The van der Waals surface area contributed by atoms with Crippen LogP contribution in [0.1, 0.15) is 55.5 Å². The third-order valence-corrected chi connectivity index (χ3v) is 4.97. The Morgan fingerprint density at radius 2 is 1.88 bits per heavy atom. The Morgan fingerprint density at radius 3 is 2.60 bits per heavy atom. The average Bonchev–Trinajstić information content (AvgIpc) is 3.10. The fourth-order valence-electron chi connectivity index (χ4n) is 3.62. The van der Waals surface area contributed by atoms with E-state index in [1.165, 1.54) is 16.7 Å². The molecule has 0 saturated heterocycles. The molecule has 1 aliphatic rings. The van der Waals surface area contributed by atoms with Crippen LogP contribution in [0.25, 0.3) is 0 Å². The van der Waals surface area contributed by atoms with E-state index in [2.05, 4.69) is 61.6 Å². The summed E-state index contributed by atoms with van der Waals surface area (Å²) in [5.74, 6) is 1.51. The normalized spacial score (nSPS) is 15.7. The molecule has 0 bridgehead atoms. The van der Waals surface area contributed by atoms with Crippen LogP contribution in [0, 0.1) is 5.92 Å². The van der Waals surface area contributed by atoms with Crippen molar-refractivity contribution in [2.24, 2.45) is 5.92 Å². The van der Waals surface area contributed by atoms with Crippen LogP contribution >= 0.6 is 0 Å². The van der Waals surface area contributed by atoms with Gasteiger partial charge in [-0.3, -0.25) is 0 Å². The monoisotopic (exact) mass is 339 g/mol. The number of benzene rings is 2. The number of ether oxygens (including phenoxy) is 1. The summed E-state index contributed by atoms with van der Waals surface area (Å²) in [4.78, 5) is 0. The van der Waals surface area contributed by atoms with Crippen LogP contribution in [0.2, 0.25) is 0 Å². The Hall–Kier alpha value is -1.84. The molecule has 2 atom stereocenters. The van der Waals surface area contributed by atoms with Gasteiger partial charge in [0.1, 0.15) is 5.75 Å². The van der Waals surface area contributed by atoms with Crippen LogP contribution < -0.4 is 10.1 Å². The number of fused-ring (bicyclic) bond motifs is 1. The zero-order chi connectivity index (χ0) is 17.6. The summed E-state index contributed by atoms with van der Waals surface area (Å²) < 4.78 is 5.65. The molecule has 0 radical (unpaired) electrons. The second kappa shape index (κ2) is 8.50. The van der Waals surface area contributed by atoms with Gasteiger partial charge in [-0.05, 0) is 41.5 Å². The minimum Gasteiger partial charge on any atom is -0.493 e. The first-order valence-electron chi connectivity index (χ1n) is 9.36. The Kier molecular flexibility index (Phi) is 6.11. The topological polar surface area (TPSA) is 41.5 Å². The highest BCUT2D eigenvalue weighted by Gasteiger charge is 2.23. The van der Waals surface area contributed by atoms with Gasteiger partial charge < -0.3 is 15.2 Å². The number of rotatable bonds is 8. The van der Waals surface area contributed by atoms with E-state index in [0.29, 0.717) is 5.92 Å². The minimum atomic E-state index is 0.230. The van der Waals surface area contributed by atoms with Gasteiger partial charge in [0, 0.05) is 25.1 Å². The van der Waals surface area contributed by atoms with E-state index in [-0.39, 0.29) is 18.7 Å². The molecule has 0 spiro atoms. The molecule has 25 heavy (non-hydrogen) atoms. The van der Waals surface area contributed by atoms with E-state index >= 15 is 0 Å². The second-order valence-electron chi connectivity index (χ2n) is 7.18. The molecule has 134 valence electrons. The van der Waals surface area contributed by atoms with Crippen LogP contribution in [0.5, 0.6) is 5.75 Å². The third-order valence-electron chi connectivity index (χ3n) is 4.97. The largest absolute Gasteiger partial charge is 0.493 e. The van der Waals surface area contributed by atoms with Crippen LogP contribution in [0.15, 0.2) is 48.5 Å². The predicted molar refractivity (Wildman–Crippen MR) is 102 cm³/mol. The maximum absolute atomic E-state index is 9.29. The molecule has 0 fully saturated rings. The Labute approximate surface area is 151 Å². The van der Waals surface area contributed by atoms with Crippen LogP contribution in [0.3, 0.4) is 0 Å². The molecule has 1 heterocycles. The molecule has 0 aliphatic carbocycles. The Morgan fingerprint density at radius 1 is 1.08 bits per heavy atom. The lowest BCUT2D eigenvalue weighted by Gasteiger charge is -2.29. The predicted octanol–water partition coefficient (Wildman–Crippen LogP) is 4.42. The van der Waals surface area contributed by atoms with Gasteiger partial charge in [-0.1, -0.05) is 56.3 Å². The summed E-state index contributed by atoms with van der Waals surface area (Å²) in [5, 5.41) is 13.1. The molecular weight excluding hydrogens is 310 g/mol. The summed E-state index contributed by atoms with van der Waals surface area (Å²) in [6.45, 7) is 5.54. The van der Waals surface area contributed by atoms with E-state index in [4.69, 9.17) is 4.74 Å². The fourth-order valence-corrected chi connectivity index (χ4v) is 3.62. The molecule has 2 aromatic rings. The van der Waals surface area contributed by atoms with Crippen molar-refractivity contribution in [3.05, 3.63) is 65.2 Å². The Bertz CT molecular complexity index is 669. The molecule has 0 amide bonds. The summed E-state index contributed by atoms with van der Waals surface area (Å²) in [5.41, 5.74) is 3.92. The highest BCUT2D eigenvalue weighted by atomic mass is 16.5. The van der Waals surface area contributed by atoms with Crippen molar-refractivity contribution in [1.29, 1.82) is 0 Å². The van der Waals surface area contributed by atoms with E-state index in [1.807, 2.05) is 6.07 Å². The van der Waals surface area contributed by atoms with Gasteiger partial charge in [-0.15, -0.1) is 0 Å². The van der Waals surface area contributed by atoms with Gasteiger partial charge in [0.15, 0.2) is 0 Å². The van der Waals surface area contributed by atoms with E-state index < -0.39 is 0 Å². The number of hydrogen-bond donors (Lipinski definition) is 2. The van der Waals surface area contributed by atoms with Crippen molar-refractivity contribution in [2.75, 3.05) is 13.2 Å². The van der Waals surface area contributed by atoms with Crippen molar-refractivity contribution in [3.63, 3.8) is 0 Å². The van der Waals surface area contributed by atoms with Gasteiger partial charge in [0.25, 0.3) is 0 Å². The minimum absolute atomic E-state index is 0.230. The summed E-state index contributed by atoms with van der Waals surface area (Å²) in [7, 11) is 0. The first-order valence-corrected chi connectivity index (χ1v) is 9.36. The third kappa shape index (κ3) is 4.42. The number of hydrogen-bond acceptors (Lipinski definition) is 3. The van der Waals surface area contributed by atoms with Crippen molar-refractivity contribution < 1.29 is 9.84 Å². The molecule has 2 N–H and O–H groups in total.